The number of nitrogens with one attached hydrogen (secondary N) is 2. The normalized spacial score (nSPS) is 11.8. The van der Waals surface area contributed by atoms with Crippen molar-refractivity contribution >= 4 is 17.6 Å². The minimum absolute atomic E-state index is 0.362. The number of carbonyl (C=O) groups is 1. The molecular formula is C9H15N5O2. The first-order valence-electron chi connectivity index (χ1n) is 4.73. The number of nitrogen functional groups attached to an aromatic ring is 1. The topological polar surface area (TPSA) is 102 Å². The largest absolute Gasteiger partial charge is 0.467 e. The van der Waals surface area contributed by atoms with Crippen LogP contribution in [0.2, 0.25) is 0 Å². The average molecular weight is 225 g/mol. The second-order valence-electron chi connectivity index (χ2n) is 3.22. The van der Waals surface area contributed by atoms with Gasteiger partial charge in [0, 0.05) is 6.07 Å². The third-order valence-electron chi connectivity index (χ3n) is 1.90. The summed E-state index contributed by atoms with van der Waals surface area (Å²) in [6, 6.07) is 1.12. The number of hydrazine groups is 1. The van der Waals surface area contributed by atoms with Crippen LogP contribution in [0.25, 0.3) is 0 Å². The zero-order chi connectivity index (χ0) is 12.1. The molecule has 0 saturated heterocycles. The third-order valence-corrected chi connectivity index (χ3v) is 1.90. The molecular weight excluding hydrogens is 210 g/mol. The highest BCUT2D eigenvalue weighted by Gasteiger charge is 2.13. The number of nitrogens with zero attached hydrogens (tertiary/aromatic N) is 2. The molecule has 16 heavy (non-hydrogen) atoms. The first-order valence-corrected chi connectivity index (χ1v) is 4.73. The summed E-state index contributed by atoms with van der Waals surface area (Å²) in [5.41, 5.74) is 2.42. The molecule has 7 heteroatoms. The van der Waals surface area contributed by atoms with Crippen LogP contribution in [0, 0.1) is 6.92 Å². The van der Waals surface area contributed by atoms with Gasteiger partial charge in [-0.2, -0.15) is 0 Å². The van der Waals surface area contributed by atoms with E-state index in [-0.39, 0.29) is 5.97 Å². The van der Waals surface area contributed by atoms with Crippen molar-refractivity contribution in [3.63, 3.8) is 0 Å². The van der Waals surface area contributed by atoms with Crippen molar-refractivity contribution in [1.82, 2.24) is 9.97 Å². The molecule has 1 atom stereocenters. The molecule has 0 saturated carbocycles. The van der Waals surface area contributed by atoms with Crippen molar-refractivity contribution in [3.05, 3.63) is 11.9 Å². The molecule has 0 aliphatic carbocycles. The van der Waals surface area contributed by atoms with Crippen LogP contribution in [0.5, 0.6) is 0 Å². The van der Waals surface area contributed by atoms with Gasteiger partial charge in [0.1, 0.15) is 23.5 Å². The Morgan fingerprint density at radius 3 is 2.69 bits per heavy atom. The molecule has 4 N–H and O–H groups in total. The van der Waals surface area contributed by atoms with E-state index in [0.29, 0.717) is 17.5 Å². The Balaban J connectivity index is 2.80. The van der Waals surface area contributed by atoms with Crippen LogP contribution in [-0.2, 0) is 9.53 Å². The van der Waals surface area contributed by atoms with Gasteiger partial charge in [0.25, 0.3) is 0 Å². The van der Waals surface area contributed by atoms with Crippen LogP contribution in [0.15, 0.2) is 6.07 Å². The van der Waals surface area contributed by atoms with Crippen LogP contribution < -0.4 is 16.6 Å². The maximum absolute atomic E-state index is 11.2. The molecule has 0 aliphatic rings. The number of esters is 1. The summed E-state index contributed by atoms with van der Waals surface area (Å²) in [6.07, 6.45) is 0. The summed E-state index contributed by atoms with van der Waals surface area (Å²) in [6.45, 7) is 3.41. The maximum atomic E-state index is 11.2. The molecule has 1 heterocycles. The van der Waals surface area contributed by atoms with E-state index in [4.69, 9.17) is 5.84 Å². The summed E-state index contributed by atoms with van der Waals surface area (Å²) in [4.78, 5) is 19.3. The Kier molecular flexibility index (Phi) is 4.01. The molecule has 0 amide bonds. The Morgan fingerprint density at radius 1 is 1.50 bits per heavy atom. The molecule has 7 nitrogen and oxygen atoms in total. The predicted molar refractivity (Wildman–Crippen MR) is 59.7 cm³/mol. The zero-order valence-electron chi connectivity index (χ0n) is 9.44. The molecule has 1 aromatic heterocycles. The SMILES string of the molecule is COC(=O)C(C)Nc1cc(NN)nc(C)n1. The lowest BCUT2D eigenvalue weighted by molar-refractivity contribution is -0.141. The van der Waals surface area contributed by atoms with Crippen molar-refractivity contribution in [2.24, 2.45) is 5.84 Å². The molecule has 0 aliphatic heterocycles. The Bertz CT molecular complexity index is 382. The lowest BCUT2D eigenvalue weighted by Crippen LogP contribution is -2.27. The second-order valence-corrected chi connectivity index (χ2v) is 3.22. The smallest absolute Gasteiger partial charge is 0.328 e. The first kappa shape index (κ1) is 12.2. The van der Waals surface area contributed by atoms with E-state index < -0.39 is 6.04 Å². The fraction of sp³-hybridized carbons (Fsp3) is 0.444. The Morgan fingerprint density at radius 2 is 2.12 bits per heavy atom. The van der Waals surface area contributed by atoms with Crippen LogP contribution in [-0.4, -0.2) is 29.1 Å². The zero-order valence-corrected chi connectivity index (χ0v) is 9.44. The number of anilines is 2. The van der Waals surface area contributed by atoms with Crippen molar-refractivity contribution < 1.29 is 9.53 Å². The highest BCUT2D eigenvalue weighted by Crippen LogP contribution is 2.11. The standard InChI is InChI=1S/C9H15N5O2/c1-5(9(15)16-3)11-7-4-8(14-10)13-6(2)12-7/h4-5H,10H2,1-3H3,(H2,11,12,13,14). The number of ether oxygens (including phenoxy) is 1. The molecule has 1 aromatic rings. The van der Waals surface area contributed by atoms with Crippen LogP contribution in [0.4, 0.5) is 11.6 Å². The lowest BCUT2D eigenvalue weighted by atomic mass is 10.3. The number of nitrogens with two attached hydrogens (primary N) is 1. The van der Waals surface area contributed by atoms with Crippen LogP contribution in [0.3, 0.4) is 0 Å². The molecule has 0 spiro atoms. The summed E-state index contributed by atoms with van der Waals surface area (Å²) in [7, 11) is 1.33. The van der Waals surface area contributed by atoms with Gasteiger partial charge in [-0.05, 0) is 13.8 Å². The fourth-order valence-corrected chi connectivity index (χ4v) is 1.17. The Labute approximate surface area is 93.4 Å². The number of aryl methyl sites for hydroxylation is 1. The number of carbonyl (C=O) groups excluding carboxylic acids is 1. The summed E-state index contributed by atoms with van der Waals surface area (Å²) in [5, 5.41) is 2.89. The lowest BCUT2D eigenvalue weighted by Gasteiger charge is -2.13. The van der Waals surface area contributed by atoms with E-state index >= 15 is 0 Å². The van der Waals surface area contributed by atoms with E-state index in [9.17, 15) is 4.79 Å². The molecule has 0 radical (unpaired) electrons. The van der Waals surface area contributed by atoms with Gasteiger partial charge >= 0.3 is 5.97 Å². The monoisotopic (exact) mass is 225 g/mol. The van der Waals surface area contributed by atoms with Crippen molar-refractivity contribution in [3.8, 4) is 0 Å². The van der Waals surface area contributed by atoms with E-state index in [1.165, 1.54) is 7.11 Å². The van der Waals surface area contributed by atoms with Gasteiger partial charge in [0.05, 0.1) is 7.11 Å². The number of hydrogen-bond donors (Lipinski definition) is 3. The highest BCUT2D eigenvalue weighted by molar-refractivity contribution is 5.78. The average Bonchev–Trinajstić information content (AvgIpc) is 2.26. The van der Waals surface area contributed by atoms with Crippen LogP contribution >= 0.6 is 0 Å². The molecule has 0 fully saturated rings. The fourth-order valence-electron chi connectivity index (χ4n) is 1.17. The van der Waals surface area contributed by atoms with E-state index in [1.807, 2.05) is 0 Å². The number of hydrogen-bond acceptors (Lipinski definition) is 7. The van der Waals surface area contributed by atoms with E-state index in [2.05, 4.69) is 25.4 Å². The number of methoxy groups -OCH3 is 1. The molecule has 0 aromatic carbocycles. The number of rotatable bonds is 4. The van der Waals surface area contributed by atoms with Gasteiger partial charge in [-0.25, -0.2) is 20.6 Å². The maximum Gasteiger partial charge on any atom is 0.328 e. The van der Waals surface area contributed by atoms with Crippen molar-refractivity contribution in [2.45, 2.75) is 19.9 Å². The summed E-state index contributed by atoms with van der Waals surface area (Å²) in [5.74, 6) is 6.42. The summed E-state index contributed by atoms with van der Waals surface area (Å²) < 4.78 is 4.59. The van der Waals surface area contributed by atoms with E-state index in [1.54, 1.807) is 19.9 Å². The van der Waals surface area contributed by atoms with Crippen molar-refractivity contribution in [1.29, 1.82) is 0 Å². The van der Waals surface area contributed by atoms with Gasteiger partial charge in [-0.3, -0.25) is 0 Å². The predicted octanol–water partition coefficient (Wildman–Crippen LogP) is 0.0440. The molecule has 88 valence electrons. The van der Waals surface area contributed by atoms with Gasteiger partial charge in [0.2, 0.25) is 0 Å². The van der Waals surface area contributed by atoms with Crippen molar-refractivity contribution in [2.75, 3.05) is 17.9 Å². The van der Waals surface area contributed by atoms with Gasteiger partial charge < -0.3 is 15.5 Å². The van der Waals surface area contributed by atoms with E-state index in [0.717, 1.165) is 0 Å². The second kappa shape index (κ2) is 5.26. The first-order chi connectivity index (χ1) is 7.56. The minimum atomic E-state index is -0.482. The molecule has 1 unspecified atom stereocenters. The van der Waals surface area contributed by atoms with Gasteiger partial charge in [-0.1, -0.05) is 0 Å². The van der Waals surface area contributed by atoms with Crippen LogP contribution in [0.1, 0.15) is 12.7 Å². The van der Waals surface area contributed by atoms with Gasteiger partial charge in [0.15, 0.2) is 0 Å². The Hall–Kier alpha value is -1.89. The summed E-state index contributed by atoms with van der Waals surface area (Å²) >= 11 is 0. The quantitative estimate of drug-likeness (QED) is 0.378. The minimum Gasteiger partial charge on any atom is -0.467 e. The molecule has 0 bridgehead atoms. The third kappa shape index (κ3) is 3.06. The molecule has 1 rings (SSSR count). The highest BCUT2D eigenvalue weighted by atomic mass is 16.5. The van der Waals surface area contributed by atoms with Gasteiger partial charge in [-0.15, -0.1) is 0 Å². The number of aromatic nitrogens is 2.